The highest BCUT2D eigenvalue weighted by Gasteiger charge is 2.70. The molecule has 0 radical (unpaired) electrons. The van der Waals surface area contributed by atoms with E-state index in [9.17, 15) is 24.3 Å². The third-order valence-electron chi connectivity index (χ3n) is 9.98. The maximum Gasteiger partial charge on any atom is 0.327 e. The number of thiazole rings is 1. The van der Waals surface area contributed by atoms with Crippen LogP contribution in [0.4, 0.5) is 0 Å². The lowest BCUT2D eigenvalue weighted by molar-refractivity contribution is -0.157. The second kappa shape index (κ2) is 10.8. The number of ether oxygens (including phenoxy) is 2. The number of carboxylic acid groups (broad SMARTS) is 1. The van der Waals surface area contributed by atoms with E-state index in [1.165, 1.54) is 16.9 Å². The van der Waals surface area contributed by atoms with E-state index in [1.54, 1.807) is 32.7 Å². The average molecular weight is 635 g/mol. The number of nitrogens with one attached hydrogen (secondary N) is 1. The number of thioether (sulfide) groups is 1. The van der Waals surface area contributed by atoms with Crippen molar-refractivity contribution in [1.29, 1.82) is 0 Å². The molecule has 9 nitrogen and oxygen atoms in total. The highest BCUT2D eigenvalue weighted by Crippen LogP contribution is 2.68. The van der Waals surface area contributed by atoms with Gasteiger partial charge < -0.3 is 19.6 Å². The van der Waals surface area contributed by atoms with Crippen LogP contribution in [0.3, 0.4) is 0 Å². The Morgan fingerprint density at radius 3 is 2.41 bits per heavy atom. The van der Waals surface area contributed by atoms with Gasteiger partial charge in [0.25, 0.3) is 0 Å². The lowest BCUT2D eigenvalue weighted by Crippen LogP contribution is -2.49. The Bertz CT molecular complexity index is 1710. The molecule has 8 atom stereocenters. The first kappa shape index (κ1) is 29.2. The molecule has 2 aliphatic heterocycles. The number of benzene rings is 2. The van der Waals surface area contributed by atoms with Crippen LogP contribution in [0.5, 0.6) is 11.5 Å². The number of carbonyl (C=O) groups is 3. The Morgan fingerprint density at radius 1 is 1.05 bits per heavy atom. The van der Waals surface area contributed by atoms with Crippen LogP contribution in [0.1, 0.15) is 47.8 Å². The van der Waals surface area contributed by atoms with Gasteiger partial charge >= 0.3 is 10.8 Å². The lowest BCUT2D eigenvalue weighted by Gasteiger charge is -2.43. The van der Waals surface area contributed by atoms with E-state index in [-0.39, 0.29) is 45.6 Å². The lowest BCUT2D eigenvalue weighted by atomic mass is 9.68. The average Bonchev–Trinajstić information content (AvgIpc) is 3.72. The number of nitrogens with zero attached hydrogens (tertiary/aromatic N) is 1. The molecule has 230 valence electrons. The summed E-state index contributed by atoms with van der Waals surface area (Å²) in [5.41, 5.74) is 3.18. The van der Waals surface area contributed by atoms with Crippen LogP contribution in [0, 0.1) is 42.4 Å². The number of methoxy groups -OCH3 is 1. The predicted octanol–water partition coefficient (Wildman–Crippen LogP) is 4.91. The first-order valence-electron chi connectivity index (χ1n) is 14.9. The number of amides is 2. The number of rotatable bonds is 8. The van der Waals surface area contributed by atoms with Crippen molar-refractivity contribution in [3.63, 3.8) is 0 Å². The molecule has 11 heteroatoms. The topological polar surface area (TPSA) is 126 Å². The SMILES string of the molecule is COc1cc([C@H]2c3sc(=O)[nH]c3SC3C4CC(C5C(=O)N(C(C(=O)O)C(C)C)C(=O)C45)C32)ccc1OCc1ccc(C)cc1. The fourth-order valence-corrected chi connectivity index (χ4v) is 11.1. The first-order chi connectivity index (χ1) is 21.1. The van der Waals surface area contributed by atoms with Gasteiger partial charge in [0.1, 0.15) is 12.6 Å². The van der Waals surface area contributed by atoms with Crippen LogP contribution >= 0.6 is 23.1 Å². The largest absolute Gasteiger partial charge is 0.493 e. The number of aromatic amines is 1. The molecule has 2 saturated carbocycles. The summed E-state index contributed by atoms with van der Waals surface area (Å²) in [6.07, 6.45) is 0.729. The number of aromatic nitrogens is 1. The molecule has 4 aliphatic rings. The van der Waals surface area contributed by atoms with E-state index in [4.69, 9.17) is 9.47 Å². The summed E-state index contributed by atoms with van der Waals surface area (Å²) in [5, 5.41) is 10.8. The van der Waals surface area contributed by atoms with Crippen molar-refractivity contribution in [2.45, 2.75) is 56.0 Å². The molecule has 0 spiro atoms. The zero-order valence-electron chi connectivity index (χ0n) is 24.8. The number of carboxylic acids is 1. The highest BCUT2D eigenvalue weighted by atomic mass is 32.2. The first-order valence-corrected chi connectivity index (χ1v) is 16.6. The molecule has 3 aromatic rings. The number of carbonyl (C=O) groups excluding carboxylic acids is 2. The second-order valence-electron chi connectivity index (χ2n) is 12.7. The standard InChI is InChI=1S/C33H34N2O7S2/c1-14(2)26(32(38)39)35-30(36)24-18-12-19(25(24)31(35)37)27-23(18)22(28-29(43-27)34-33(40)44-28)17-9-10-20(21(11-17)41-4)42-13-16-7-5-15(3)6-8-16/h5-11,14,18-19,22-27H,12-13H2,1-4H3,(H,34,40)(H,38,39)/t18?,19?,22-,23?,24?,25?,26?,27?/m1/s1. The summed E-state index contributed by atoms with van der Waals surface area (Å²) in [5.74, 6) is -2.55. The summed E-state index contributed by atoms with van der Waals surface area (Å²) < 4.78 is 11.9. The minimum absolute atomic E-state index is 0.00601. The van der Waals surface area contributed by atoms with Crippen LogP contribution in [0.25, 0.3) is 0 Å². The molecular weight excluding hydrogens is 601 g/mol. The molecule has 7 unspecified atom stereocenters. The van der Waals surface area contributed by atoms with Crippen molar-refractivity contribution in [2.75, 3.05) is 7.11 Å². The van der Waals surface area contributed by atoms with Crippen LogP contribution in [0.2, 0.25) is 0 Å². The predicted molar refractivity (Wildman–Crippen MR) is 165 cm³/mol. The van der Waals surface area contributed by atoms with E-state index in [0.29, 0.717) is 18.1 Å². The minimum atomic E-state index is -1.18. The fourth-order valence-electron chi connectivity index (χ4n) is 8.22. The van der Waals surface area contributed by atoms with Crippen LogP contribution < -0.4 is 14.3 Å². The highest BCUT2D eigenvalue weighted by molar-refractivity contribution is 8.00. The summed E-state index contributed by atoms with van der Waals surface area (Å²) in [6, 6.07) is 12.8. The zero-order valence-corrected chi connectivity index (χ0v) is 26.4. The number of fused-ring (bicyclic) bond motifs is 9. The van der Waals surface area contributed by atoms with Gasteiger partial charge in [0, 0.05) is 16.0 Å². The molecule has 2 bridgehead atoms. The number of aliphatic carboxylic acids is 1. The smallest absolute Gasteiger partial charge is 0.327 e. The Balaban J connectivity index is 1.24. The van der Waals surface area contributed by atoms with E-state index < -0.39 is 29.8 Å². The van der Waals surface area contributed by atoms with Crippen molar-refractivity contribution in [3.05, 3.63) is 73.7 Å². The van der Waals surface area contributed by atoms with Gasteiger partial charge in [0.2, 0.25) is 11.8 Å². The van der Waals surface area contributed by atoms with Crippen molar-refractivity contribution < 1.29 is 29.0 Å². The monoisotopic (exact) mass is 634 g/mol. The molecule has 2 amide bonds. The van der Waals surface area contributed by atoms with E-state index in [2.05, 4.69) is 4.98 Å². The number of imide groups is 1. The molecule has 1 aromatic heterocycles. The molecule has 2 N–H and O–H groups in total. The molecule has 44 heavy (non-hydrogen) atoms. The molecule has 3 heterocycles. The number of hydrogen-bond donors (Lipinski definition) is 2. The van der Waals surface area contributed by atoms with Gasteiger partial charge in [-0.1, -0.05) is 61.1 Å². The maximum absolute atomic E-state index is 13.9. The van der Waals surface area contributed by atoms with Gasteiger partial charge in [-0.3, -0.25) is 19.3 Å². The fraction of sp³-hybridized carbons (Fsp3) is 0.455. The zero-order chi connectivity index (χ0) is 31.0. The molecule has 2 aliphatic carbocycles. The van der Waals surface area contributed by atoms with Gasteiger partial charge in [0.15, 0.2) is 11.5 Å². The summed E-state index contributed by atoms with van der Waals surface area (Å²) in [4.78, 5) is 57.3. The summed E-state index contributed by atoms with van der Waals surface area (Å²) in [7, 11) is 1.60. The van der Waals surface area contributed by atoms with Gasteiger partial charge in [0.05, 0.1) is 24.0 Å². The Kier molecular flexibility index (Phi) is 7.16. The molecule has 3 fully saturated rings. The van der Waals surface area contributed by atoms with Crippen LogP contribution in [-0.2, 0) is 21.0 Å². The van der Waals surface area contributed by atoms with Gasteiger partial charge in [-0.25, -0.2) is 4.79 Å². The van der Waals surface area contributed by atoms with Crippen molar-refractivity contribution in [2.24, 2.45) is 35.5 Å². The number of hydrogen-bond acceptors (Lipinski definition) is 8. The Labute approximate surface area is 263 Å². The Hall–Kier alpha value is -3.57. The van der Waals surface area contributed by atoms with Crippen molar-refractivity contribution >= 4 is 40.9 Å². The summed E-state index contributed by atoms with van der Waals surface area (Å²) in [6.45, 7) is 5.88. The van der Waals surface area contributed by atoms with E-state index in [0.717, 1.165) is 32.4 Å². The van der Waals surface area contributed by atoms with Crippen LogP contribution in [0.15, 0.2) is 52.3 Å². The molecular formula is C33H34N2O7S2. The van der Waals surface area contributed by atoms with Crippen molar-refractivity contribution in [3.8, 4) is 11.5 Å². The third kappa shape index (κ3) is 4.42. The minimum Gasteiger partial charge on any atom is -0.493 e. The second-order valence-corrected chi connectivity index (χ2v) is 14.9. The van der Waals surface area contributed by atoms with E-state index in [1.807, 2.05) is 49.4 Å². The van der Waals surface area contributed by atoms with Gasteiger partial charge in [-0.2, -0.15) is 0 Å². The number of aryl methyl sites for hydroxylation is 1. The maximum atomic E-state index is 13.9. The molecule has 1 saturated heterocycles. The number of H-pyrrole nitrogens is 1. The van der Waals surface area contributed by atoms with Gasteiger partial charge in [-0.05, 0) is 60.3 Å². The quantitative estimate of drug-likeness (QED) is 0.335. The van der Waals surface area contributed by atoms with Crippen molar-refractivity contribution in [1.82, 2.24) is 9.88 Å². The summed E-state index contributed by atoms with van der Waals surface area (Å²) >= 11 is 2.80. The third-order valence-corrected chi connectivity index (χ3v) is 12.6. The molecule has 7 rings (SSSR count). The van der Waals surface area contributed by atoms with Crippen LogP contribution in [-0.4, -0.2) is 51.2 Å². The molecule has 2 aromatic carbocycles. The number of likely N-dealkylation sites (tertiary alicyclic amines) is 1. The Morgan fingerprint density at radius 2 is 1.75 bits per heavy atom. The van der Waals surface area contributed by atoms with E-state index >= 15 is 0 Å². The normalized spacial score (nSPS) is 29.0. The van der Waals surface area contributed by atoms with Gasteiger partial charge in [-0.15, -0.1) is 11.8 Å².